The van der Waals surface area contributed by atoms with E-state index >= 15 is 0 Å². The van der Waals surface area contributed by atoms with Crippen LogP contribution in [0, 0.1) is 6.42 Å². The number of hydrogen-bond donors (Lipinski definition) is 3. The average molecular weight is 156 g/mol. The minimum Gasteiger partial charge on any atom is -0.328 e. The standard InChI is InChI=1S/C8H18N3/c1-10-8(11-2)5-3-7(9)4-6-8/h5,7,10-11H,3-4,6,9H2,1-2H3. The molecule has 0 aromatic heterocycles. The van der Waals surface area contributed by atoms with Crippen molar-refractivity contribution in [3.63, 3.8) is 0 Å². The summed E-state index contributed by atoms with van der Waals surface area (Å²) >= 11 is 0. The summed E-state index contributed by atoms with van der Waals surface area (Å²) in [7, 11) is 3.95. The first-order chi connectivity index (χ1) is 5.22. The lowest BCUT2D eigenvalue weighted by atomic mass is 9.86. The summed E-state index contributed by atoms with van der Waals surface area (Å²) in [5.74, 6) is 0. The molecule has 0 heterocycles. The molecular formula is C8H18N3. The Bertz CT molecular complexity index is 111. The SMILES string of the molecule is CNC1(NC)[CH]CC(N)CC1. The van der Waals surface area contributed by atoms with Crippen LogP contribution in [0.2, 0.25) is 0 Å². The molecule has 0 amide bonds. The van der Waals surface area contributed by atoms with Crippen LogP contribution >= 0.6 is 0 Å². The first-order valence-corrected chi connectivity index (χ1v) is 4.20. The Morgan fingerprint density at radius 1 is 1.45 bits per heavy atom. The topological polar surface area (TPSA) is 50.1 Å². The average Bonchev–Trinajstić information content (AvgIpc) is 2.07. The Kier molecular flexibility index (Phi) is 2.87. The van der Waals surface area contributed by atoms with Gasteiger partial charge < -0.3 is 16.4 Å². The Morgan fingerprint density at radius 3 is 2.45 bits per heavy atom. The van der Waals surface area contributed by atoms with Crippen molar-refractivity contribution in [2.24, 2.45) is 5.73 Å². The molecule has 1 radical (unpaired) electrons. The van der Waals surface area contributed by atoms with E-state index < -0.39 is 0 Å². The number of rotatable bonds is 2. The molecule has 1 atom stereocenters. The zero-order valence-corrected chi connectivity index (χ0v) is 7.35. The van der Waals surface area contributed by atoms with Gasteiger partial charge in [0.2, 0.25) is 0 Å². The summed E-state index contributed by atoms with van der Waals surface area (Å²) in [4.78, 5) is 0. The van der Waals surface area contributed by atoms with Gasteiger partial charge in [0.1, 0.15) is 0 Å². The third-order valence-electron chi connectivity index (χ3n) is 2.57. The van der Waals surface area contributed by atoms with Crippen molar-refractivity contribution in [3.05, 3.63) is 6.42 Å². The molecular weight excluding hydrogens is 138 g/mol. The summed E-state index contributed by atoms with van der Waals surface area (Å²) in [6, 6.07) is 0.366. The molecule has 1 rings (SSSR count). The predicted octanol–water partition coefficient (Wildman–Crippen LogP) is -0.163. The second-order valence-electron chi connectivity index (χ2n) is 3.21. The van der Waals surface area contributed by atoms with E-state index in [-0.39, 0.29) is 5.66 Å². The van der Waals surface area contributed by atoms with Gasteiger partial charge in [-0.1, -0.05) is 0 Å². The molecule has 3 nitrogen and oxygen atoms in total. The minimum absolute atomic E-state index is 0.0376. The maximum atomic E-state index is 5.78. The summed E-state index contributed by atoms with van der Waals surface area (Å²) in [6.07, 6.45) is 5.42. The van der Waals surface area contributed by atoms with E-state index in [1.54, 1.807) is 0 Å². The van der Waals surface area contributed by atoms with Crippen LogP contribution < -0.4 is 16.4 Å². The van der Waals surface area contributed by atoms with Gasteiger partial charge in [0.25, 0.3) is 0 Å². The summed E-state index contributed by atoms with van der Waals surface area (Å²) in [6.45, 7) is 0. The van der Waals surface area contributed by atoms with E-state index in [9.17, 15) is 0 Å². The number of nitrogens with one attached hydrogen (secondary N) is 2. The molecule has 0 aliphatic heterocycles. The van der Waals surface area contributed by atoms with Crippen molar-refractivity contribution in [2.75, 3.05) is 14.1 Å². The van der Waals surface area contributed by atoms with Gasteiger partial charge >= 0.3 is 0 Å². The molecule has 1 saturated carbocycles. The molecule has 0 aromatic rings. The quantitative estimate of drug-likeness (QED) is 0.487. The van der Waals surface area contributed by atoms with Crippen LogP contribution in [0.4, 0.5) is 0 Å². The fourth-order valence-electron chi connectivity index (χ4n) is 1.56. The molecule has 1 aliphatic rings. The van der Waals surface area contributed by atoms with E-state index in [2.05, 4.69) is 17.1 Å². The molecule has 3 heteroatoms. The maximum absolute atomic E-state index is 5.78. The molecule has 0 spiro atoms. The van der Waals surface area contributed by atoms with Gasteiger partial charge in [-0.15, -0.1) is 0 Å². The molecule has 1 fully saturated rings. The highest BCUT2D eigenvalue weighted by atomic mass is 15.2. The van der Waals surface area contributed by atoms with Crippen molar-refractivity contribution < 1.29 is 0 Å². The Hall–Kier alpha value is -0.120. The first-order valence-electron chi connectivity index (χ1n) is 4.20. The van der Waals surface area contributed by atoms with Crippen LogP contribution in [0.15, 0.2) is 0 Å². The first kappa shape index (κ1) is 8.97. The van der Waals surface area contributed by atoms with Crippen LogP contribution in [-0.2, 0) is 0 Å². The van der Waals surface area contributed by atoms with Crippen LogP contribution in [-0.4, -0.2) is 25.8 Å². The number of hydrogen-bond acceptors (Lipinski definition) is 3. The Balaban J connectivity index is 2.45. The molecule has 1 aliphatic carbocycles. The third kappa shape index (κ3) is 1.92. The minimum atomic E-state index is 0.0376. The molecule has 1 unspecified atom stereocenters. The predicted molar refractivity (Wildman–Crippen MR) is 47.0 cm³/mol. The monoisotopic (exact) mass is 156 g/mol. The largest absolute Gasteiger partial charge is 0.328 e. The van der Waals surface area contributed by atoms with Gasteiger partial charge in [0.15, 0.2) is 0 Å². The molecule has 0 saturated heterocycles. The Morgan fingerprint density at radius 2 is 2.09 bits per heavy atom. The van der Waals surface area contributed by atoms with Crippen LogP contribution in [0.3, 0.4) is 0 Å². The highest BCUT2D eigenvalue weighted by molar-refractivity contribution is 5.02. The smallest absolute Gasteiger partial charge is 0.0716 e. The van der Waals surface area contributed by atoms with E-state index in [0.29, 0.717) is 6.04 Å². The molecule has 0 aromatic carbocycles. The van der Waals surface area contributed by atoms with E-state index in [0.717, 1.165) is 19.3 Å². The number of nitrogens with two attached hydrogens (primary N) is 1. The normalized spacial score (nSPS) is 25.4. The van der Waals surface area contributed by atoms with Crippen LogP contribution in [0.1, 0.15) is 19.3 Å². The van der Waals surface area contributed by atoms with Gasteiger partial charge in [0, 0.05) is 6.04 Å². The zero-order valence-electron chi connectivity index (χ0n) is 7.35. The molecule has 0 bridgehead atoms. The third-order valence-corrected chi connectivity index (χ3v) is 2.57. The zero-order chi connectivity index (χ0) is 8.32. The van der Waals surface area contributed by atoms with E-state index in [1.807, 2.05) is 14.1 Å². The molecule has 65 valence electrons. The lowest BCUT2D eigenvalue weighted by molar-refractivity contribution is 0.260. The van der Waals surface area contributed by atoms with Crippen LogP contribution in [0.5, 0.6) is 0 Å². The van der Waals surface area contributed by atoms with E-state index in [1.165, 1.54) is 0 Å². The summed E-state index contributed by atoms with van der Waals surface area (Å²) < 4.78 is 0. The molecule has 11 heavy (non-hydrogen) atoms. The second-order valence-corrected chi connectivity index (χ2v) is 3.21. The van der Waals surface area contributed by atoms with Crippen molar-refractivity contribution in [3.8, 4) is 0 Å². The molecule has 4 N–H and O–H groups in total. The summed E-state index contributed by atoms with van der Waals surface area (Å²) in [5.41, 5.74) is 5.82. The van der Waals surface area contributed by atoms with E-state index in [4.69, 9.17) is 5.73 Å². The van der Waals surface area contributed by atoms with Crippen molar-refractivity contribution in [2.45, 2.75) is 31.0 Å². The lowest BCUT2D eigenvalue weighted by Gasteiger charge is -2.38. The lowest BCUT2D eigenvalue weighted by Crippen LogP contribution is -2.57. The Labute approximate surface area is 68.7 Å². The van der Waals surface area contributed by atoms with Gasteiger partial charge in [-0.25, -0.2) is 0 Å². The van der Waals surface area contributed by atoms with Crippen molar-refractivity contribution in [1.29, 1.82) is 0 Å². The highest BCUT2D eigenvalue weighted by Gasteiger charge is 2.30. The van der Waals surface area contributed by atoms with Gasteiger partial charge in [-0.2, -0.15) is 0 Å². The fourth-order valence-corrected chi connectivity index (χ4v) is 1.56. The van der Waals surface area contributed by atoms with Gasteiger partial charge in [-0.3, -0.25) is 0 Å². The van der Waals surface area contributed by atoms with Crippen molar-refractivity contribution >= 4 is 0 Å². The van der Waals surface area contributed by atoms with Crippen LogP contribution in [0.25, 0.3) is 0 Å². The fraction of sp³-hybridized carbons (Fsp3) is 0.875. The van der Waals surface area contributed by atoms with Gasteiger partial charge in [-0.05, 0) is 39.8 Å². The van der Waals surface area contributed by atoms with Gasteiger partial charge in [0.05, 0.1) is 5.66 Å². The highest BCUT2D eigenvalue weighted by Crippen LogP contribution is 2.23. The van der Waals surface area contributed by atoms with Crippen molar-refractivity contribution in [1.82, 2.24) is 10.6 Å². The second kappa shape index (κ2) is 3.52. The summed E-state index contributed by atoms with van der Waals surface area (Å²) in [5, 5.41) is 6.53. The maximum Gasteiger partial charge on any atom is 0.0716 e.